The number of rotatable bonds is 2. The zero-order valence-corrected chi connectivity index (χ0v) is 12.9. The number of nitrogens with two attached hydrogens (primary N) is 1. The van der Waals surface area contributed by atoms with E-state index in [2.05, 4.69) is 30.1 Å². The average molecular weight is 292 g/mol. The van der Waals surface area contributed by atoms with E-state index >= 15 is 0 Å². The van der Waals surface area contributed by atoms with Crippen molar-refractivity contribution in [2.45, 2.75) is 20.3 Å². The number of nitrogens with zero attached hydrogens (tertiary/aromatic N) is 2. The standard InChI is InChI=1S/C14H20N4OS/c1-8-4-9(2)7-18(6-8)14-11(13(19)17-3)12(16)10(5-15)20-14/h8-9H,4,6-7,16H2,1-3H3,(H,17,19). The SMILES string of the molecule is CNC(=O)c1c(N2CC(C)CC(C)C2)sc(C#N)c1N. The Bertz CT molecular complexity index is 550. The van der Waals surface area contributed by atoms with Gasteiger partial charge in [-0.25, -0.2) is 0 Å². The van der Waals surface area contributed by atoms with Crippen LogP contribution in [-0.4, -0.2) is 26.0 Å². The van der Waals surface area contributed by atoms with Gasteiger partial charge in [0.05, 0.1) is 11.3 Å². The fourth-order valence-corrected chi connectivity index (χ4v) is 3.94. The van der Waals surface area contributed by atoms with Crippen LogP contribution in [0.2, 0.25) is 0 Å². The molecule has 108 valence electrons. The van der Waals surface area contributed by atoms with E-state index in [0.717, 1.165) is 18.1 Å². The summed E-state index contributed by atoms with van der Waals surface area (Å²) < 4.78 is 0. The van der Waals surface area contributed by atoms with Gasteiger partial charge in [0.25, 0.3) is 5.91 Å². The molecule has 1 aromatic rings. The Hall–Kier alpha value is -1.74. The molecule has 0 aromatic carbocycles. The summed E-state index contributed by atoms with van der Waals surface area (Å²) in [4.78, 5) is 14.7. The van der Waals surface area contributed by atoms with Crippen LogP contribution in [0.3, 0.4) is 0 Å². The molecule has 0 spiro atoms. The number of amides is 1. The van der Waals surface area contributed by atoms with Crippen molar-refractivity contribution < 1.29 is 4.79 Å². The fraction of sp³-hybridized carbons (Fsp3) is 0.571. The Labute approximate surface area is 123 Å². The molecule has 1 aromatic heterocycles. The molecule has 0 saturated carbocycles. The van der Waals surface area contributed by atoms with Crippen LogP contribution in [0.1, 0.15) is 35.5 Å². The van der Waals surface area contributed by atoms with E-state index in [4.69, 9.17) is 11.0 Å². The zero-order valence-electron chi connectivity index (χ0n) is 12.1. The van der Waals surface area contributed by atoms with Crippen LogP contribution in [-0.2, 0) is 0 Å². The maximum Gasteiger partial charge on any atom is 0.256 e. The summed E-state index contributed by atoms with van der Waals surface area (Å²) in [6.45, 7) is 6.23. The first-order valence-electron chi connectivity index (χ1n) is 6.77. The van der Waals surface area contributed by atoms with Crippen LogP contribution >= 0.6 is 11.3 Å². The predicted molar refractivity (Wildman–Crippen MR) is 82.0 cm³/mol. The highest BCUT2D eigenvalue weighted by Gasteiger charge is 2.29. The van der Waals surface area contributed by atoms with Crippen LogP contribution in [0.4, 0.5) is 10.7 Å². The molecule has 2 unspecified atom stereocenters. The van der Waals surface area contributed by atoms with E-state index in [1.165, 1.54) is 17.8 Å². The van der Waals surface area contributed by atoms with Crippen LogP contribution in [0.5, 0.6) is 0 Å². The maximum absolute atomic E-state index is 12.1. The van der Waals surface area contributed by atoms with Crippen LogP contribution in [0, 0.1) is 23.2 Å². The molecule has 1 fully saturated rings. The smallest absolute Gasteiger partial charge is 0.256 e. The third-order valence-electron chi connectivity index (χ3n) is 3.64. The first-order valence-corrected chi connectivity index (χ1v) is 7.58. The number of nitrogen functional groups attached to an aromatic ring is 1. The number of nitrogens with one attached hydrogen (secondary N) is 1. The summed E-state index contributed by atoms with van der Waals surface area (Å²) in [5.41, 5.74) is 6.73. The first kappa shape index (κ1) is 14.7. The molecule has 2 heterocycles. The third kappa shape index (κ3) is 2.59. The lowest BCUT2D eigenvalue weighted by molar-refractivity contribution is 0.0964. The maximum atomic E-state index is 12.1. The van der Waals surface area contributed by atoms with Gasteiger partial charge in [0.2, 0.25) is 0 Å². The van der Waals surface area contributed by atoms with Crippen LogP contribution in [0.15, 0.2) is 0 Å². The molecule has 2 rings (SSSR count). The highest BCUT2D eigenvalue weighted by Crippen LogP contribution is 2.40. The molecule has 3 N–H and O–H groups in total. The summed E-state index contributed by atoms with van der Waals surface area (Å²) in [5, 5.41) is 12.6. The van der Waals surface area contributed by atoms with E-state index in [-0.39, 0.29) is 5.91 Å². The number of carbonyl (C=O) groups excluding carboxylic acids is 1. The lowest BCUT2D eigenvalue weighted by Crippen LogP contribution is -2.39. The van der Waals surface area contributed by atoms with Gasteiger partial charge in [0.1, 0.15) is 15.9 Å². The van der Waals surface area contributed by atoms with Gasteiger partial charge in [-0.05, 0) is 18.3 Å². The van der Waals surface area contributed by atoms with E-state index in [1.807, 2.05) is 0 Å². The van der Waals surface area contributed by atoms with E-state index in [9.17, 15) is 4.79 Å². The predicted octanol–water partition coefficient (Wildman–Crippen LogP) is 2.04. The summed E-state index contributed by atoms with van der Waals surface area (Å²) in [5.74, 6) is 0.927. The van der Waals surface area contributed by atoms with Crippen molar-refractivity contribution >= 4 is 27.9 Å². The molecule has 1 saturated heterocycles. The van der Waals surface area contributed by atoms with E-state index in [1.54, 1.807) is 7.05 Å². The first-order chi connectivity index (χ1) is 9.47. The Morgan fingerprint density at radius 2 is 2.05 bits per heavy atom. The number of thiophene rings is 1. The topological polar surface area (TPSA) is 82.2 Å². The van der Waals surface area contributed by atoms with Crippen molar-refractivity contribution in [2.75, 3.05) is 30.8 Å². The van der Waals surface area contributed by atoms with Gasteiger partial charge in [-0.3, -0.25) is 4.79 Å². The third-order valence-corrected chi connectivity index (χ3v) is 4.81. The summed E-state index contributed by atoms with van der Waals surface area (Å²) in [6, 6.07) is 2.08. The van der Waals surface area contributed by atoms with Gasteiger partial charge in [-0.1, -0.05) is 13.8 Å². The average Bonchev–Trinajstić information content (AvgIpc) is 2.73. The molecule has 2 atom stereocenters. The van der Waals surface area contributed by atoms with E-state index in [0.29, 0.717) is 28.0 Å². The van der Waals surface area contributed by atoms with E-state index < -0.39 is 0 Å². The second-order valence-electron chi connectivity index (χ2n) is 5.57. The molecule has 0 bridgehead atoms. The minimum atomic E-state index is -0.221. The Morgan fingerprint density at radius 1 is 1.45 bits per heavy atom. The van der Waals surface area contributed by atoms with Crippen LogP contribution < -0.4 is 16.0 Å². The van der Waals surface area contributed by atoms with Gasteiger partial charge >= 0.3 is 0 Å². The fourth-order valence-electron chi connectivity index (χ4n) is 2.91. The van der Waals surface area contributed by atoms with Gasteiger partial charge in [0, 0.05) is 20.1 Å². The molecular formula is C14H20N4OS. The van der Waals surface area contributed by atoms with Gasteiger partial charge in [-0.2, -0.15) is 5.26 Å². The molecule has 5 nitrogen and oxygen atoms in total. The second kappa shape index (κ2) is 5.71. The molecule has 0 radical (unpaired) electrons. The van der Waals surface area contributed by atoms with Crippen molar-refractivity contribution in [3.63, 3.8) is 0 Å². The minimum Gasteiger partial charge on any atom is -0.396 e. The largest absolute Gasteiger partial charge is 0.396 e. The summed E-state index contributed by atoms with van der Waals surface area (Å²) >= 11 is 1.32. The monoisotopic (exact) mass is 292 g/mol. The lowest BCUT2D eigenvalue weighted by atomic mass is 9.92. The van der Waals surface area contributed by atoms with Gasteiger partial charge in [0.15, 0.2) is 0 Å². The van der Waals surface area contributed by atoms with Gasteiger partial charge < -0.3 is 16.0 Å². The lowest BCUT2D eigenvalue weighted by Gasteiger charge is -2.36. The van der Waals surface area contributed by atoms with Crippen molar-refractivity contribution in [3.8, 4) is 6.07 Å². The molecule has 1 aliphatic heterocycles. The molecular weight excluding hydrogens is 272 g/mol. The molecule has 20 heavy (non-hydrogen) atoms. The van der Waals surface area contributed by atoms with Crippen molar-refractivity contribution in [2.24, 2.45) is 11.8 Å². The van der Waals surface area contributed by atoms with Gasteiger partial charge in [-0.15, -0.1) is 11.3 Å². The number of hydrogen-bond acceptors (Lipinski definition) is 5. The number of hydrogen-bond donors (Lipinski definition) is 2. The Morgan fingerprint density at radius 3 is 2.55 bits per heavy atom. The molecule has 1 aliphatic rings. The summed E-state index contributed by atoms with van der Waals surface area (Å²) in [6.07, 6.45) is 1.19. The summed E-state index contributed by atoms with van der Waals surface area (Å²) in [7, 11) is 1.58. The van der Waals surface area contributed by atoms with Crippen molar-refractivity contribution in [1.82, 2.24) is 5.32 Å². The van der Waals surface area contributed by atoms with Crippen molar-refractivity contribution in [3.05, 3.63) is 10.4 Å². The minimum absolute atomic E-state index is 0.221. The number of anilines is 2. The Kier molecular flexibility index (Phi) is 4.19. The highest BCUT2D eigenvalue weighted by atomic mass is 32.1. The normalized spacial score (nSPS) is 22.4. The molecule has 0 aliphatic carbocycles. The molecule has 6 heteroatoms. The second-order valence-corrected chi connectivity index (χ2v) is 6.57. The molecule has 1 amide bonds. The number of nitriles is 1. The highest BCUT2D eigenvalue weighted by molar-refractivity contribution is 7.17. The quantitative estimate of drug-likeness (QED) is 0.874. The van der Waals surface area contributed by atoms with Crippen LogP contribution in [0.25, 0.3) is 0 Å². The Balaban J connectivity index is 2.45. The zero-order chi connectivity index (χ0) is 14.9. The number of carbonyl (C=O) groups is 1. The number of piperidine rings is 1. The van der Waals surface area contributed by atoms with Crippen molar-refractivity contribution in [1.29, 1.82) is 5.26 Å².